The number of nitrogens with one attached hydrogen (secondary N) is 1. The van der Waals surface area contributed by atoms with E-state index in [2.05, 4.69) is 26.0 Å². The van der Waals surface area contributed by atoms with Crippen LogP contribution >= 0.6 is 15.9 Å². The van der Waals surface area contributed by atoms with Gasteiger partial charge in [-0.05, 0) is 29.8 Å². The Balaban J connectivity index is 1.79. The van der Waals surface area contributed by atoms with Crippen LogP contribution in [0, 0.1) is 0 Å². The molecule has 2 aromatic carbocycles. The Morgan fingerprint density at radius 2 is 1.80 bits per heavy atom. The standard InChI is InChI=1S/C17H17BrF3NO3/c1-23-14-4-2-3-12(7-14)11-22-5-6-24-15-8-13(18)9-16(10-15)25-17(19,20)21/h2-4,7-10,22H,5-6,11H2,1H3. The highest BCUT2D eigenvalue weighted by molar-refractivity contribution is 9.10. The van der Waals surface area contributed by atoms with Crippen LogP contribution in [-0.2, 0) is 6.54 Å². The van der Waals surface area contributed by atoms with Gasteiger partial charge in [0, 0.05) is 23.6 Å². The number of rotatable bonds is 8. The SMILES string of the molecule is COc1cccc(CNCCOc2cc(Br)cc(OC(F)(F)F)c2)c1. The van der Waals surface area contributed by atoms with Gasteiger partial charge in [-0.2, -0.15) is 0 Å². The molecule has 0 atom stereocenters. The maximum Gasteiger partial charge on any atom is 0.573 e. The van der Waals surface area contributed by atoms with Gasteiger partial charge in [0.2, 0.25) is 0 Å². The Bertz CT molecular complexity index is 695. The molecule has 0 radical (unpaired) electrons. The summed E-state index contributed by atoms with van der Waals surface area (Å²) in [6.45, 7) is 1.45. The number of alkyl halides is 3. The van der Waals surface area contributed by atoms with Crippen molar-refractivity contribution in [3.8, 4) is 17.2 Å². The molecule has 0 saturated carbocycles. The molecule has 0 unspecified atom stereocenters. The fraction of sp³-hybridized carbons (Fsp3) is 0.294. The molecule has 0 spiro atoms. The van der Waals surface area contributed by atoms with Crippen LogP contribution in [0.4, 0.5) is 13.2 Å². The van der Waals surface area contributed by atoms with Crippen molar-refractivity contribution < 1.29 is 27.4 Å². The zero-order valence-corrected chi connectivity index (χ0v) is 15.0. The molecule has 136 valence electrons. The Labute approximate surface area is 152 Å². The lowest BCUT2D eigenvalue weighted by Crippen LogP contribution is -2.20. The molecule has 0 aliphatic carbocycles. The summed E-state index contributed by atoms with van der Waals surface area (Å²) in [5.74, 6) is 0.736. The summed E-state index contributed by atoms with van der Waals surface area (Å²) in [4.78, 5) is 0. The van der Waals surface area contributed by atoms with Crippen molar-refractivity contribution in [2.45, 2.75) is 12.9 Å². The van der Waals surface area contributed by atoms with Crippen molar-refractivity contribution in [1.82, 2.24) is 5.32 Å². The second kappa shape index (κ2) is 8.96. The van der Waals surface area contributed by atoms with E-state index in [0.29, 0.717) is 24.2 Å². The fourth-order valence-corrected chi connectivity index (χ4v) is 2.52. The first-order valence-electron chi connectivity index (χ1n) is 7.38. The quantitative estimate of drug-likeness (QED) is 0.638. The third-order valence-corrected chi connectivity index (χ3v) is 3.55. The zero-order valence-electron chi connectivity index (χ0n) is 13.4. The number of benzene rings is 2. The number of hydrogen-bond acceptors (Lipinski definition) is 4. The number of halogens is 4. The minimum atomic E-state index is -4.74. The predicted octanol–water partition coefficient (Wildman–Crippen LogP) is 4.52. The molecule has 8 heteroatoms. The van der Waals surface area contributed by atoms with Gasteiger partial charge in [0.1, 0.15) is 23.9 Å². The van der Waals surface area contributed by atoms with Gasteiger partial charge in [-0.3, -0.25) is 0 Å². The predicted molar refractivity (Wildman–Crippen MR) is 91.0 cm³/mol. The molecule has 0 fully saturated rings. The summed E-state index contributed by atoms with van der Waals surface area (Å²) in [5, 5.41) is 3.19. The highest BCUT2D eigenvalue weighted by Crippen LogP contribution is 2.30. The second-order valence-electron chi connectivity index (χ2n) is 5.05. The molecular weight excluding hydrogens is 403 g/mol. The molecule has 0 heterocycles. The highest BCUT2D eigenvalue weighted by atomic mass is 79.9. The first kappa shape index (κ1) is 19.4. The molecule has 0 bridgehead atoms. The Kier molecular flexibility index (Phi) is 6.95. The molecule has 0 aliphatic heterocycles. The first-order valence-corrected chi connectivity index (χ1v) is 8.18. The largest absolute Gasteiger partial charge is 0.573 e. The first-order chi connectivity index (χ1) is 11.9. The molecule has 2 rings (SSSR count). The highest BCUT2D eigenvalue weighted by Gasteiger charge is 2.31. The van der Waals surface area contributed by atoms with E-state index in [0.717, 1.165) is 11.3 Å². The van der Waals surface area contributed by atoms with Crippen LogP contribution in [0.15, 0.2) is 46.9 Å². The monoisotopic (exact) mass is 419 g/mol. The van der Waals surface area contributed by atoms with Crippen molar-refractivity contribution in [3.63, 3.8) is 0 Å². The van der Waals surface area contributed by atoms with E-state index < -0.39 is 6.36 Å². The average molecular weight is 420 g/mol. The van der Waals surface area contributed by atoms with E-state index in [-0.39, 0.29) is 11.5 Å². The summed E-state index contributed by atoms with van der Waals surface area (Å²) < 4.78 is 51.8. The van der Waals surface area contributed by atoms with Crippen molar-refractivity contribution >= 4 is 15.9 Å². The lowest BCUT2D eigenvalue weighted by atomic mass is 10.2. The Morgan fingerprint density at radius 1 is 1.04 bits per heavy atom. The fourth-order valence-electron chi connectivity index (χ4n) is 2.07. The molecule has 25 heavy (non-hydrogen) atoms. The normalized spacial score (nSPS) is 11.2. The minimum Gasteiger partial charge on any atom is -0.497 e. The lowest BCUT2D eigenvalue weighted by Gasteiger charge is -2.12. The zero-order chi connectivity index (χ0) is 18.3. The summed E-state index contributed by atoms with van der Waals surface area (Å²) in [6.07, 6.45) is -4.74. The van der Waals surface area contributed by atoms with Gasteiger partial charge in [-0.25, -0.2) is 0 Å². The third kappa shape index (κ3) is 7.23. The molecular formula is C17H17BrF3NO3. The van der Waals surface area contributed by atoms with Crippen LogP contribution in [0.25, 0.3) is 0 Å². The number of methoxy groups -OCH3 is 1. The van der Waals surface area contributed by atoms with Gasteiger partial charge in [0.05, 0.1) is 7.11 Å². The van der Waals surface area contributed by atoms with Gasteiger partial charge < -0.3 is 19.5 Å². The van der Waals surface area contributed by atoms with Gasteiger partial charge in [0.15, 0.2) is 0 Å². The van der Waals surface area contributed by atoms with Crippen molar-refractivity contribution in [2.24, 2.45) is 0 Å². The second-order valence-corrected chi connectivity index (χ2v) is 5.96. The van der Waals surface area contributed by atoms with Crippen LogP contribution in [0.1, 0.15) is 5.56 Å². The van der Waals surface area contributed by atoms with Crippen LogP contribution in [-0.4, -0.2) is 26.6 Å². The van der Waals surface area contributed by atoms with Crippen molar-refractivity contribution in [3.05, 3.63) is 52.5 Å². The average Bonchev–Trinajstić information content (AvgIpc) is 2.52. The smallest absolute Gasteiger partial charge is 0.497 e. The summed E-state index contributed by atoms with van der Waals surface area (Å²) in [6, 6.07) is 11.6. The lowest BCUT2D eigenvalue weighted by molar-refractivity contribution is -0.274. The van der Waals surface area contributed by atoms with Crippen molar-refractivity contribution in [2.75, 3.05) is 20.3 Å². The number of ether oxygens (including phenoxy) is 3. The minimum absolute atomic E-state index is 0.289. The summed E-state index contributed by atoms with van der Waals surface area (Å²) in [7, 11) is 1.61. The maximum atomic E-state index is 12.3. The van der Waals surface area contributed by atoms with Crippen molar-refractivity contribution in [1.29, 1.82) is 0 Å². The number of hydrogen-bond donors (Lipinski definition) is 1. The molecule has 0 aromatic heterocycles. The van der Waals surface area contributed by atoms with Crippen LogP contribution in [0.3, 0.4) is 0 Å². The van der Waals surface area contributed by atoms with E-state index in [1.807, 2.05) is 24.3 Å². The topological polar surface area (TPSA) is 39.7 Å². The molecule has 4 nitrogen and oxygen atoms in total. The van der Waals surface area contributed by atoms with Gasteiger partial charge >= 0.3 is 6.36 Å². The molecule has 1 N–H and O–H groups in total. The van der Waals surface area contributed by atoms with E-state index >= 15 is 0 Å². The Hall–Kier alpha value is -1.93. The molecule has 0 aliphatic rings. The van der Waals surface area contributed by atoms with Gasteiger partial charge in [-0.15, -0.1) is 13.2 Å². The van der Waals surface area contributed by atoms with Crippen LogP contribution in [0.5, 0.6) is 17.2 Å². The molecule has 0 saturated heterocycles. The maximum absolute atomic E-state index is 12.3. The summed E-state index contributed by atoms with van der Waals surface area (Å²) in [5.41, 5.74) is 1.06. The summed E-state index contributed by atoms with van der Waals surface area (Å²) >= 11 is 3.13. The molecule has 2 aromatic rings. The van der Waals surface area contributed by atoms with Gasteiger partial charge in [-0.1, -0.05) is 28.1 Å². The van der Waals surface area contributed by atoms with Crippen LogP contribution in [0.2, 0.25) is 0 Å². The van der Waals surface area contributed by atoms with E-state index in [1.165, 1.54) is 12.1 Å². The van der Waals surface area contributed by atoms with E-state index in [1.54, 1.807) is 13.2 Å². The van der Waals surface area contributed by atoms with Crippen LogP contribution < -0.4 is 19.5 Å². The Morgan fingerprint density at radius 3 is 2.52 bits per heavy atom. The molecule has 0 amide bonds. The third-order valence-electron chi connectivity index (χ3n) is 3.09. The van der Waals surface area contributed by atoms with E-state index in [9.17, 15) is 13.2 Å². The van der Waals surface area contributed by atoms with Gasteiger partial charge in [0.25, 0.3) is 0 Å². The van der Waals surface area contributed by atoms with E-state index in [4.69, 9.17) is 9.47 Å².